The molecule has 0 spiro atoms. The Morgan fingerprint density at radius 1 is 1.35 bits per heavy atom. The van der Waals surface area contributed by atoms with Crippen molar-refractivity contribution in [1.82, 2.24) is 9.88 Å². The van der Waals surface area contributed by atoms with Gasteiger partial charge in [-0.25, -0.2) is 0 Å². The van der Waals surface area contributed by atoms with Crippen molar-refractivity contribution in [2.45, 2.75) is 32.4 Å². The maximum Gasteiger partial charge on any atom is 0.122 e. The van der Waals surface area contributed by atoms with Crippen LogP contribution in [0.15, 0.2) is 36.5 Å². The molecule has 1 N–H and O–H groups in total. The molecule has 0 aliphatic carbocycles. The van der Waals surface area contributed by atoms with Gasteiger partial charge in [0.25, 0.3) is 0 Å². The molecule has 0 bridgehead atoms. The number of nitrogens with zero attached hydrogens (tertiary/aromatic N) is 1. The smallest absolute Gasteiger partial charge is 0.122 e. The van der Waals surface area contributed by atoms with Crippen molar-refractivity contribution in [1.29, 1.82) is 0 Å². The van der Waals surface area contributed by atoms with Crippen LogP contribution in [-0.4, -0.2) is 18.2 Å². The minimum Gasteiger partial charge on any atom is -0.493 e. The molecule has 3 rings (SSSR count). The zero-order valence-corrected chi connectivity index (χ0v) is 12.2. The number of hydrogen-bond acceptors (Lipinski definition) is 2. The third-order valence-corrected chi connectivity index (χ3v) is 4.14. The number of hydrogen-bond donors (Lipinski definition) is 1. The molecule has 1 aromatic heterocycles. The van der Waals surface area contributed by atoms with Crippen molar-refractivity contribution in [2.24, 2.45) is 0 Å². The predicted octanol–water partition coefficient (Wildman–Crippen LogP) is 2.95. The SMILES string of the molecule is CNC(C)c1cccn1CCc1ccc2c(c1)CCO2. The van der Waals surface area contributed by atoms with Gasteiger partial charge in [0.2, 0.25) is 0 Å². The first-order chi connectivity index (χ1) is 9.78. The summed E-state index contributed by atoms with van der Waals surface area (Å²) in [5.41, 5.74) is 4.10. The van der Waals surface area contributed by atoms with Crippen LogP contribution in [0.5, 0.6) is 5.75 Å². The minimum atomic E-state index is 0.387. The van der Waals surface area contributed by atoms with Gasteiger partial charge in [-0.05, 0) is 49.7 Å². The highest BCUT2D eigenvalue weighted by atomic mass is 16.5. The normalized spacial score (nSPS) is 14.9. The van der Waals surface area contributed by atoms with Crippen molar-refractivity contribution < 1.29 is 4.74 Å². The standard InChI is InChI=1S/C17H22N2O/c1-13(18-2)16-4-3-9-19(16)10-7-14-5-6-17-15(12-14)8-11-20-17/h3-6,9,12-13,18H,7-8,10-11H2,1-2H3. The van der Waals surface area contributed by atoms with Crippen LogP contribution in [0, 0.1) is 0 Å². The molecule has 1 unspecified atom stereocenters. The Bertz CT molecular complexity index is 588. The first-order valence-electron chi connectivity index (χ1n) is 7.35. The lowest BCUT2D eigenvalue weighted by atomic mass is 10.1. The van der Waals surface area contributed by atoms with E-state index >= 15 is 0 Å². The molecule has 1 atom stereocenters. The van der Waals surface area contributed by atoms with Crippen LogP contribution in [0.3, 0.4) is 0 Å². The molecular formula is C17H22N2O. The fourth-order valence-corrected chi connectivity index (χ4v) is 2.82. The maximum absolute atomic E-state index is 5.56. The van der Waals surface area contributed by atoms with E-state index in [0.29, 0.717) is 6.04 Å². The molecule has 3 nitrogen and oxygen atoms in total. The molecule has 1 aliphatic heterocycles. The van der Waals surface area contributed by atoms with Gasteiger partial charge in [-0.1, -0.05) is 12.1 Å². The van der Waals surface area contributed by atoms with E-state index in [1.807, 2.05) is 7.05 Å². The molecule has 0 radical (unpaired) electrons. The lowest BCUT2D eigenvalue weighted by Crippen LogP contribution is -2.17. The summed E-state index contributed by atoms with van der Waals surface area (Å²) < 4.78 is 7.89. The molecule has 1 aromatic carbocycles. The number of fused-ring (bicyclic) bond motifs is 1. The first kappa shape index (κ1) is 13.3. The van der Waals surface area contributed by atoms with Gasteiger partial charge in [-0.3, -0.25) is 0 Å². The summed E-state index contributed by atoms with van der Waals surface area (Å²) in [7, 11) is 2.00. The Kier molecular flexibility index (Phi) is 3.79. The predicted molar refractivity (Wildman–Crippen MR) is 81.3 cm³/mol. The van der Waals surface area contributed by atoms with Gasteiger partial charge >= 0.3 is 0 Å². The average Bonchev–Trinajstić information content (AvgIpc) is 3.12. The molecule has 2 heterocycles. The Morgan fingerprint density at radius 2 is 2.25 bits per heavy atom. The zero-order chi connectivity index (χ0) is 13.9. The Hall–Kier alpha value is -1.74. The number of aromatic nitrogens is 1. The van der Waals surface area contributed by atoms with E-state index in [0.717, 1.165) is 31.7 Å². The summed E-state index contributed by atoms with van der Waals surface area (Å²) in [6, 6.07) is 11.3. The topological polar surface area (TPSA) is 26.2 Å². The van der Waals surface area contributed by atoms with E-state index in [1.165, 1.54) is 16.8 Å². The number of aryl methyl sites for hydroxylation is 2. The zero-order valence-electron chi connectivity index (χ0n) is 12.2. The quantitative estimate of drug-likeness (QED) is 0.904. The minimum absolute atomic E-state index is 0.387. The fraction of sp³-hybridized carbons (Fsp3) is 0.412. The van der Waals surface area contributed by atoms with Crippen LogP contribution < -0.4 is 10.1 Å². The summed E-state index contributed by atoms with van der Waals surface area (Å²) in [6.45, 7) is 4.05. The van der Waals surface area contributed by atoms with Crippen molar-refractivity contribution in [3.05, 3.63) is 53.3 Å². The van der Waals surface area contributed by atoms with Gasteiger partial charge in [0.15, 0.2) is 0 Å². The largest absolute Gasteiger partial charge is 0.493 e. The average molecular weight is 270 g/mol. The van der Waals surface area contributed by atoms with E-state index in [-0.39, 0.29) is 0 Å². The van der Waals surface area contributed by atoms with Crippen molar-refractivity contribution in [2.75, 3.05) is 13.7 Å². The molecule has 0 amide bonds. The van der Waals surface area contributed by atoms with Crippen LogP contribution in [-0.2, 0) is 19.4 Å². The highest BCUT2D eigenvalue weighted by Crippen LogP contribution is 2.26. The van der Waals surface area contributed by atoms with Gasteiger partial charge in [0, 0.05) is 30.9 Å². The summed E-state index contributed by atoms with van der Waals surface area (Å²) >= 11 is 0. The van der Waals surface area contributed by atoms with Crippen molar-refractivity contribution in [3.8, 4) is 5.75 Å². The number of rotatable bonds is 5. The van der Waals surface area contributed by atoms with Gasteiger partial charge < -0.3 is 14.6 Å². The molecule has 3 heteroatoms. The fourth-order valence-electron chi connectivity index (χ4n) is 2.82. The van der Waals surface area contributed by atoms with Gasteiger partial charge in [0.1, 0.15) is 5.75 Å². The van der Waals surface area contributed by atoms with E-state index in [1.54, 1.807) is 0 Å². The Balaban J connectivity index is 1.69. The van der Waals surface area contributed by atoms with Crippen molar-refractivity contribution in [3.63, 3.8) is 0 Å². The first-order valence-corrected chi connectivity index (χ1v) is 7.35. The molecule has 20 heavy (non-hydrogen) atoms. The summed E-state index contributed by atoms with van der Waals surface area (Å²) in [6.07, 6.45) is 4.28. The number of ether oxygens (including phenoxy) is 1. The molecule has 106 valence electrons. The van der Waals surface area contributed by atoms with Crippen LogP contribution in [0.25, 0.3) is 0 Å². The molecule has 0 fully saturated rings. The van der Waals surface area contributed by atoms with E-state index in [4.69, 9.17) is 4.74 Å². The molecular weight excluding hydrogens is 248 g/mol. The second kappa shape index (κ2) is 5.71. The maximum atomic E-state index is 5.56. The molecule has 0 saturated heterocycles. The lowest BCUT2D eigenvalue weighted by Gasteiger charge is -2.15. The Labute approximate surface area is 120 Å². The summed E-state index contributed by atoms with van der Waals surface area (Å²) in [5, 5.41) is 3.30. The van der Waals surface area contributed by atoms with Crippen molar-refractivity contribution >= 4 is 0 Å². The highest BCUT2D eigenvalue weighted by molar-refractivity contribution is 5.39. The summed E-state index contributed by atoms with van der Waals surface area (Å²) in [4.78, 5) is 0. The van der Waals surface area contributed by atoms with E-state index < -0.39 is 0 Å². The van der Waals surface area contributed by atoms with Crippen LogP contribution in [0.2, 0.25) is 0 Å². The van der Waals surface area contributed by atoms with Crippen LogP contribution in [0.1, 0.15) is 29.8 Å². The van der Waals surface area contributed by atoms with Crippen LogP contribution >= 0.6 is 0 Å². The molecule has 0 saturated carbocycles. The molecule has 1 aliphatic rings. The highest BCUT2D eigenvalue weighted by Gasteiger charge is 2.12. The third kappa shape index (κ3) is 2.59. The monoisotopic (exact) mass is 270 g/mol. The van der Waals surface area contributed by atoms with Gasteiger partial charge in [-0.2, -0.15) is 0 Å². The third-order valence-electron chi connectivity index (χ3n) is 4.14. The second-order valence-corrected chi connectivity index (χ2v) is 5.43. The van der Waals surface area contributed by atoms with Gasteiger partial charge in [-0.15, -0.1) is 0 Å². The Morgan fingerprint density at radius 3 is 3.10 bits per heavy atom. The summed E-state index contributed by atoms with van der Waals surface area (Å²) in [5.74, 6) is 1.07. The molecule has 2 aromatic rings. The number of benzene rings is 1. The van der Waals surface area contributed by atoms with E-state index in [9.17, 15) is 0 Å². The van der Waals surface area contributed by atoms with Crippen LogP contribution in [0.4, 0.5) is 0 Å². The lowest BCUT2D eigenvalue weighted by molar-refractivity contribution is 0.357. The van der Waals surface area contributed by atoms with Gasteiger partial charge in [0.05, 0.1) is 6.61 Å². The van der Waals surface area contributed by atoms with E-state index in [2.05, 4.69) is 53.3 Å². The second-order valence-electron chi connectivity index (χ2n) is 5.43. The number of nitrogens with one attached hydrogen (secondary N) is 1.